The molecule has 0 aromatic carbocycles. The van der Waals surface area contributed by atoms with Gasteiger partial charge in [-0.2, -0.15) is 0 Å². The predicted molar refractivity (Wildman–Crippen MR) is 81.9 cm³/mol. The number of aromatic nitrogens is 1. The summed E-state index contributed by atoms with van der Waals surface area (Å²) in [6.45, 7) is 5.96. The molecular weight excluding hydrogens is 282 g/mol. The monoisotopic (exact) mass is 301 g/mol. The number of aliphatic hydroxyl groups is 1. The molecule has 2 amide bonds. The molecule has 1 saturated heterocycles. The zero-order chi connectivity index (χ0) is 16.5. The van der Waals surface area contributed by atoms with Crippen molar-refractivity contribution in [3.05, 3.63) is 11.8 Å². The van der Waals surface area contributed by atoms with Crippen molar-refractivity contribution in [2.75, 3.05) is 11.4 Å². The average Bonchev–Trinajstić information content (AvgIpc) is 2.98. The summed E-state index contributed by atoms with van der Waals surface area (Å²) < 4.78 is 5.27. The Morgan fingerprint density at radius 2 is 2.09 bits per heavy atom. The van der Waals surface area contributed by atoms with E-state index in [1.807, 2.05) is 20.8 Å². The van der Waals surface area contributed by atoms with Crippen LogP contribution in [0.5, 0.6) is 0 Å². The van der Waals surface area contributed by atoms with Crippen molar-refractivity contribution in [2.24, 2.45) is 0 Å². The minimum atomic E-state index is -1.12. The number of aliphatic hydroxyl groups excluding tert-OH is 1. The Balaban J connectivity index is 2.35. The number of rotatable bonds is 3. The van der Waals surface area contributed by atoms with Crippen molar-refractivity contribution in [1.29, 1.82) is 0 Å². The van der Waals surface area contributed by atoms with E-state index in [4.69, 9.17) is 17.4 Å². The topological polar surface area (TPSA) is 69.8 Å². The maximum Gasteiger partial charge on any atom is 0.329 e. The second-order valence-corrected chi connectivity index (χ2v) is 6.17. The van der Waals surface area contributed by atoms with Gasteiger partial charge in [0.1, 0.15) is 5.76 Å². The first-order chi connectivity index (χ1) is 10.3. The van der Waals surface area contributed by atoms with Crippen molar-refractivity contribution in [3.8, 4) is 24.7 Å². The van der Waals surface area contributed by atoms with E-state index < -0.39 is 18.3 Å². The number of hydrogen-bond acceptors (Lipinski definition) is 4. The zero-order valence-corrected chi connectivity index (χ0v) is 12.9. The SMILES string of the molecule is C#CCC1C(O)N(c2cc(C(C)(C)C)on2)C(=O)N1CC#C. The first-order valence-corrected chi connectivity index (χ1v) is 6.93. The van der Waals surface area contributed by atoms with Crippen LogP contribution in [0.3, 0.4) is 0 Å². The first kappa shape index (κ1) is 15.9. The lowest BCUT2D eigenvalue weighted by atomic mass is 9.93. The van der Waals surface area contributed by atoms with Crippen LogP contribution in [0.15, 0.2) is 10.6 Å². The molecule has 2 rings (SSSR count). The maximum atomic E-state index is 12.5. The smallest absolute Gasteiger partial charge is 0.329 e. The first-order valence-electron chi connectivity index (χ1n) is 6.93. The molecule has 1 aliphatic rings. The highest BCUT2D eigenvalue weighted by molar-refractivity contribution is 5.94. The Labute approximate surface area is 130 Å². The zero-order valence-electron chi connectivity index (χ0n) is 12.9. The van der Waals surface area contributed by atoms with Crippen LogP contribution in [0, 0.1) is 24.7 Å². The summed E-state index contributed by atoms with van der Waals surface area (Å²) in [5.41, 5.74) is -0.254. The molecule has 1 N–H and O–H groups in total. The molecule has 1 aromatic heterocycles. The number of terminal acetylenes is 2. The van der Waals surface area contributed by atoms with Gasteiger partial charge in [0.05, 0.1) is 12.6 Å². The molecule has 0 aliphatic carbocycles. The quantitative estimate of drug-likeness (QED) is 0.860. The van der Waals surface area contributed by atoms with Crippen molar-refractivity contribution in [2.45, 2.75) is 44.9 Å². The third kappa shape index (κ3) is 2.66. The van der Waals surface area contributed by atoms with Crippen molar-refractivity contribution < 1.29 is 14.4 Å². The maximum absolute atomic E-state index is 12.5. The minimum Gasteiger partial charge on any atom is -0.371 e. The molecule has 1 aliphatic heterocycles. The van der Waals surface area contributed by atoms with Gasteiger partial charge in [-0.1, -0.05) is 31.8 Å². The number of nitrogens with zero attached hydrogens (tertiary/aromatic N) is 3. The Kier molecular flexibility index (Phi) is 4.16. The van der Waals surface area contributed by atoms with E-state index >= 15 is 0 Å². The van der Waals surface area contributed by atoms with Gasteiger partial charge in [-0.15, -0.1) is 18.8 Å². The van der Waals surface area contributed by atoms with Crippen LogP contribution < -0.4 is 4.90 Å². The van der Waals surface area contributed by atoms with Gasteiger partial charge in [0, 0.05) is 17.9 Å². The number of hydrogen-bond donors (Lipinski definition) is 1. The van der Waals surface area contributed by atoms with E-state index in [-0.39, 0.29) is 24.2 Å². The predicted octanol–water partition coefficient (Wildman–Crippen LogP) is 1.56. The number of carbonyl (C=O) groups excluding carboxylic acids is 1. The van der Waals surface area contributed by atoms with Gasteiger partial charge in [-0.3, -0.25) is 0 Å². The summed E-state index contributed by atoms with van der Waals surface area (Å²) in [5, 5.41) is 14.3. The summed E-state index contributed by atoms with van der Waals surface area (Å²) in [7, 11) is 0. The molecule has 2 atom stereocenters. The van der Waals surface area contributed by atoms with Crippen LogP contribution in [-0.2, 0) is 5.41 Å². The average molecular weight is 301 g/mol. The van der Waals surface area contributed by atoms with Gasteiger partial charge in [0.25, 0.3) is 0 Å². The second-order valence-electron chi connectivity index (χ2n) is 6.17. The molecule has 116 valence electrons. The van der Waals surface area contributed by atoms with Gasteiger partial charge in [0.15, 0.2) is 12.0 Å². The molecule has 0 saturated carbocycles. The Hall–Kier alpha value is -2.44. The number of carbonyl (C=O) groups is 1. The van der Waals surface area contributed by atoms with Crippen molar-refractivity contribution in [3.63, 3.8) is 0 Å². The molecule has 6 heteroatoms. The number of amides is 2. The summed E-state index contributed by atoms with van der Waals surface area (Å²) in [6.07, 6.45) is 9.69. The fourth-order valence-electron chi connectivity index (χ4n) is 2.31. The molecule has 0 spiro atoms. The van der Waals surface area contributed by atoms with Crippen LogP contribution in [0.4, 0.5) is 10.6 Å². The highest BCUT2D eigenvalue weighted by Crippen LogP contribution is 2.32. The van der Waals surface area contributed by atoms with Gasteiger partial charge >= 0.3 is 6.03 Å². The fraction of sp³-hybridized carbons (Fsp3) is 0.500. The molecule has 0 bridgehead atoms. The van der Waals surface area contributed by atoms with Gasteiger partial charge in [-0.05, 0) is 0 Å². The molecule has 1 fully saturated rings. The van der Waals surface area contributed by atoms with Gasteiger partial charge in [-0.25, -0.2) is 9.69 Å². The standard InChI is InChI=1S/C16H19N3O3/c1-6-8-11-14(20)19(15(21)18(11)9-7-2)13-10-12(22-17-13)16(3,4)5/h1-2,10-11,14,20H,8-9H2,3-5H3. The van der Waals surface area contributed by atoms with E-state index in [2.05, 4.69) is 17.0 Å². The third-order valence-corrected chi connectivity index (χ3v) is 3.53. The Bertz CT molecular complexity index is 645. The Morgan fingerprint density at radius 3 is 2.59 bits per heavy atom. The van der Waals surface area contributed by atoms with Crippen LogP contribution in [0.2, 0.25) is 0 Å². The lowest BCUT2D eigenvalue weighted by Crippen LogP contribution is -2.37. The van der Waals surface area contributed by atoms with Crippen LogP contribution in [0.25, 0.3) is 0 Å². The molecule has 1 aromatic rings. The number of urea groups is 1. The second kappa shape index (κ2) is 5.75. The molecule has 2 unspecified atom stereocenters. The summed E-state index contributed by atoms with van der Waals surface area (Å²) >= 11 is 0. The lowest BCUT2D eigenvalue weighted by molar-refractivity contribution is 0.126. The largest absolute Gasteiger partial charge is 0.371 e. The summed E-state index contributed by atoms with van der Waals surface area (Å²) in [4.78, 5) is 15.0. The van der Waals surface area contributed by atoms with E-state index in [1.54, 1.807) is 6.07 Å². The van der Waals surface area contributed by atoms with Gasteiger partial charge < -0.3 is 14.5 Å². The number of anilines is 1. The van der Waals surface area contributed by atoms with E-state index in [9.17, 15) is 9.90 Å². The molecule has 6 nitrogen and oxygen atoms in total. The van der Waals surface area contributed by atoms with Gasteiger partial charge in [0.2, 0.25) is 0 Å². The van der Waals surface area contributed by atoms with E-state index in [1.165, 1.54) is 4.90 Å². The highest BCUT2D eigenvalue weighted by Gasteiger charge is 2.46. The summed E-state index contributed by atoms with van der Waals surface area (Å²) in [6, 6.07) is 0.649. The van der Waals surface area contributed by atoms with Crippen LogP contribution in [0.1, 0.15) is 33.0 Å². The summed E-state index contributed by atoms with van der Waals surface area (Å²) in [5.74, 6) is 5.73. The normalized spacial score (nSPS) is 21.8. The molecule has 2 heterocycles. The van der Waals surface area contributed by atoms with Crippen LogP contribution >= 0.6 is 0 Å². The molecule has 22 heavy (non-hydrogen) atoms. The van der Waals surface area contributed by atoms with Crippen molar-refractivity contribution >= 4 is 11.8 Å². The molecular formula is C16H19N3O3. The van der Waals surface area contributed by atoms with Crippen LogP contribution in [-0.4, -0.2) is 40.0 Å². The Morgan fingerprint density at radius 1 is 1.41 bits per heavy atom. The van der Waals surface area contributed by atoms with Crippen molar-refractivity contribution in [1.82, 2.24) is 10.1 Å². The third-order valence-electron chi connectivity index (χ3n) is 3.53. The highest BCUT2D eigenvalue weighted by atomic mass is 16.5. The van der Waals surface area contributed by atoms with E-state index in [0.29, 0.717) is 5.76 Å². The van der Waals surface area contributed by atoms with E-state index in [0.717, 1.165) is 4.90 Å². The minimum absolute atomic E-state index is 0.0721. The lowest BCUT2D eigenvalue weighted by Gasteiger charge is -2.20. The fourth-order valence-corrected chi connectivity index (χ4v) is 2.31. The molecule has 0 radical (unpaired) electrons.